The van der Waals surface area contributed by atoms with Gasteiger partial charge in [-0.15, -0.1) is 0 Å². The van der Waals surface area contributed by atoms with Crippen molar-refractivity contribution in [2.24, 2.45) is 0 Å². The summed E-state index contributed by atoms with van der Waals surface area (Å²) in [5.74, 6) is 1.62. The van der Waals surface area contributed by atoms with E-state index in [1.807, 2.05) is 6.92 Å². The first-order chi connectivity index (χ1) is 8.83. The summed E-state index contributed by atoms with van der Waals surface area (Å²) in [5.41, 5.74) is 0.702. The highest BCUT2D eigenvalue weighted by atomic mass is 16.5. The van der Waals surface area contributed by atoms with Gasteiger partial charge in [-0.25, -0.2) is 9.97 Å². The van der Waals surface area contributed by atoms with Crippen molar-refractivity contribution in [3.8, 4) is 11.5 Å². The minimum atomic E-state index is 0.421. The number of nitrogens with zero attached hydrogens (tertiary/aromatic N) is 4. The molecule has 0 aliphatic rings. The van der Waals surface area contributed by atoms with Crippen molar-refractivity contribution < 1.29 is 9.26 Å². The van der Waals surface area contributed by atoms with Crippen LogP contribution in [0.4, 0.5) is 5.95 Å². The molecule has 7 nitrogen and oxygen atoms in total. The standard InChI is InChI=1S/C11H15N5O2/c1-3-12-11-13-6-8(7-14-11)10-15-9(16-18-10)4-5-17-2/h6-7H,3-5H2,1-2H3,(H,12,13,14). The maximum absolute atomic E-state index is 5.13. The lowest BCUT2D eigenvalue weighted by molar-refractivity contribution is 0.199. The third-order valence-electron chi connectivity index (χ3n) is 2.23. The second-order valence-electron chi connectivity index (χ2n) is 3.58. The van der Waals surface area contributed by atoms with Crippen molar-refractivity contribution in [1.29, 1.82) is 0 Å². The highest BCUT2D eigenvalue weighted by molar-refractivity contribution is 5.50. The number of rotatable bonds is 6. The molecule has 96 valence electrons. The number of anilines is 1. The summed E-state index contributed by atoms with van der Waals surface area (Å²) >= 11 is 0. The van der Waals surface area contributed by atoms with E-state index in [0.717, 1.165) is 6.54 Å². The van der Waals surface area contributed by atoms with Crippen LogP contribution in [0.3, 0.4) is 0 Å². The molecule has 7 heteroatoms. The topological polar surface area (TPSA) is 86.0 Å². The lowest BCUT2D eigenvalue weighted by Crippen LogP contribution is -2.01. The number of hydrogen-bond donors (Lipinski definition) is 1. The fourth-order valence-electron chi connectivity index (χ4n) is 1.35. The summed E-state index contributed by atoms with van der Waals surface area (Å²) < 4.78 is 10.1. The first kappa shape index (κ1) is 12.4. The highest BCUT2D eigenvalue weighted by Gasteiger charge is 2.09. The molecule has 0 fully saturated rings. The molecular formula is C11H15N5O2. The van der Waals surface area contributed by atoms with Gasteiger partial charge in [-0.3, -0.25) is 0 Å². The van der Waals surface area contributed by atoms with Crippen molar-refractivity contribution >= 4 is 5.95 Å². The van der Waals surface area contributed by atoms with E-state index in [1.54, 1.807) is 19.5 Å². The van der Waals surface area contributed by atoms with Gasteiger partial charge in [0.2, 0.25) is 5.95 Å². The highest BCUT2D eigenvalue weighted by Crippen LogP contribution is 2.15. The molecule has 0 spiro atoms. The summed E-state index contributed by atoms with van der Waals surface area (Å²) in [6.45, 7) is 3.33. The van der Waals surface area contributed by atoms with Gasteiger partial charge >= 0.3 is 0 Å². The van der Waals surface area contributed by atoms with E-state index >= 15 is 0 Å². The number of ether oxygens (including phenoxy) is 1. The lowest BCUT2D eigenvalue weighted by Gasteiger charge is -1.99. The largest absolute Gasteiger partial charge is 0.384 e. The first-order valence-corrected chi connectivity index (χ1v) is 5.71. The maximum Gasteiger partial charge on any atom is 0.261 e. The van der Waals surface area contributed by atoms with Gasteiger partial charge in [-0.05, 0) is 6.92 Å². The first-order valence-electron chi connectivity index (χ1n) is 5.71. The second kappa shape index (κ2) is 6.06. The minimum Gasteiger partial charge on any atom is -0.384 e. The molecular weight excluding hydrogens is 234 g/mol. The summed E-state index contributed by atoms with van der Waals surface area (Å²) in [7, 11) is 1.63. The fraction of sp³-hybridized carbons (Fsp3) is 0.455. The molecule has 0 aliphatic carbocycles. The molecule has 2 aromatic rings. The summed E-state index contributed by atoms with van der Waals surface area (Å²) in [6.07, 6.45) is 3.92. The van der Waals surface area contributed by atoms with E-state index < -0.39 is 0 Å². The zero-order valence-electron chi connectivity index (χ0n) is 10.4. The smallest absolute Gasteiger partial charge is 0.261 e. The van der Waals surface area contributed by atoms with Crippen LogP contribution >= 0.6 is 0 Å². The van der Waals surface area contributed by atoms with Crippen LogP contribution < -0.4 is 5.32 Å². The predicted molar refractivity (Wildman–Crippen MR) is 65.1 cm³/mol. The van der Waals surface area contributed by atoms with Gasteiger partial charge in [0.1, 0.15) is 0 Å². The summed E-state index contributed by atoms with van der Waals surface area (Å²) in [4.78, 5) is 12.5. The van der Waals surface area contributed by atoms with Crippen LogP contribution in [0.5, 0.6) is 0 Å². The zero-order chi connectivity index (χ0) is 12.8. The normalized spacial score (nSPS) is 10.6. The molecule has 0 aliphatic heterocycles. The Kier molecular flexibility index (Phi) is 4.19. The Balaban J connectivity index is 2.08. The SMILES string of the molecule is CCNc1ncc(-c2nc(CCOC)no2)cn1. The molecule has 2 heterocycles. The monoisotopic (exact) mass is 249 g/mol. The van der Waals surface area contributed by atoms with Gasteiger partial charge in [0.15, 0.2) is 5.82 Å². The lowest BCUT2D eigenvalue weighted by atomic mass is 10.3. The maximum atomic E-state index is 5.13. The van der Waals surface area contributed by atoms with Crippen molar-refractivity contribution in [2.45, 2.75) is 13.3 Å². The zero-order valence-corrected chi connectivity index (χ0v) is 10.4. The van der Waals surface area contributed by atoms with E-state index in [4.69, 9.17) is 9.26 Å². The molecule has 0 saturated carbocycles. The third-order valence-corrected chi connectivity index (χ3v) is 2.23. The van der Waals surface area contributed by atoms with Gasteiger partial charge in [-0.2, -0.15) is 4.98 Å². The average Bonchev–Trinajstić information content (AvgIpc) is 2.86. The van der Waals surface area contributed by atoms with E-state index in [0.29, 0.717) is 36.3 Å². The van der Waals surface area contributed by atoms with Gasteiger partial charge in [-0.1, -0.05) is 5.16 Å². The van der Waals surface area contributed by atoms with E-state index in [2.05, 4.69) is 25.4 Å². The molecule has 0 unspecified atom stereocenters. The van der Waals surface area contributed by atoms with Gasteiger partial charge in [0.05, 0.1) is 12.2 Å². The van der Waals surface area contributed by atoms with Gasteiger partial charge < -0.3 is 14.6 Å². The molecule has 18 heavy (non-hydrogen) atoms. The molecule has 0 radical (unpaired) electrons. The Morgan fingerprint density at radius 3 is 2.78 bits per heavy atom. The number of hydrogen-bond acceptors (Lipinski definition) is 7. The minimum absolute atomic E-state index is 0.421. The van der Waals surface area contributed by atoms with Crippen molar-refractivity contribution in [3.05, 3.63) is 18.2 Å². The van der Waals surface area contributed by atoms with Crippen molar-refractivity contribution in [1.82, 2.24) is 20.1 Å². The van der Waals surface area contributed by atoms with Crippen LogP contribution in [0.2, 0.25) is 0 Å². The van der Waals surface area contributed by atoms with Crippen LogP contribution in [0.15, 0.2) is 16.9 Å². The van der Waals surface area contributed by atoms with Crippen LogP contribution in [0, 0.1) is 0 Å². The molecule has 0 amide bonds. The Morgan fingerprint density at radius 2 is 2.11 bits per heavy atom. The van der Waals surface area contributed by atoms with Crippen LogP contribution in [-0.2, 0) is 11.2 Å². The fourth-order valence-corrected chi connectivity index (χ4v) is 1.35. The molecule has 2 aromatic heterocycles. The number of methoxy groups -OCH3 is 1. The van der Waals surface area contributed by atoms with Crippen LogP contribution in [-0.4, -0.2) is 40.4 Å². The van der Waals surface area contributed by atoms with E-state index in [-0.39, 0.29) is 0 Å². The molecule has 2 rings (SSSR count). The quantitative estimate of drug-likeness (QED) is 0.821. The van der Waals surface area contributed by atoms with Gasteiger partial charge in [0.25, 0.3) is 5.89 Å². The Hall–Kier alpha value is -2.02. The predicted octanol–water partition coefficient (Wildman–Crippen LogP) is 1.15. The summed E-state index contributed by atoms with van der Waals surface area (Å²) in [6, 6.07) is 0. The molecule has 1 N–H and O–H groups in total. The second-order valence-corrected chi connectivity index (χ2v) is 3.58. The molecule has 0 bridgehead atoms. The molecule has 0 aromatic carbocycles. The third kappa shape index (κ3) is 3.01. The van der Waals surface area contributed by atoms with Crippen molar-refractivity contribution in [3.63, 3.8) is 0 Å². The number of nitrogens with one attached hydrogen (secondary N) is 1. The van der Waals surface area contributed by atoms with Crippen LogP contribution in [0.25, 0.3) is 11.5 Å². The molecule has 0 saturated heterocycles. The van der Waals surface area contributed by atoms with Crippen molar-refractivity contribution in [2.75, 3.05) is 25.6 Å². The number of aromatic nitrogens is 4. The van der Waals surface area contributed by atoms with E-state index in [1.165, 1.54) is 0 Å². The van der Waals surface area contributed by atoms with E-state index in [9.17, 15) is 0 Å². The Morgan fingerprint density at radius 1 is 1.33 bits per heavy atom. The average molecular weight is 249 g/mol. The Labute approximate surface area is 105 Å². The Bertz CT molecular complexity index is 482. The van der Waals surface area contributed by atoms with Crippen LogP contribution in [0.1, 0.15) is 12.7 Å². The molecule has 0 atom stereocenters. The van der Waals surface area contributed by atoms with Gasteiger partial charge in [0, 0.05) is 32.5 Å². The summed E-state index contributed by atoms with van der Waals surface area (Å²) in [5, 5.41) is 6.87.